The number of nitrogens with one attached hydrogen (secondary N) is 1. The summed E-state index contributed by atoms with van der Waals surface area (Å²) < 4.78 is 32.0. The number of ether oxygens (including phenoxy) is 1. The van der Waals surface area contributed by atoms with Crippen molar-refractivity contribution in [3.63, 3.8) is 0 Å². The highest BCUT2D eigenvalue weighted by Crippen LogP contribution is 2.25. The first-order valence-electron chi connectivity index (χ1n) is 6.82. The van der Waals surface area contributed by atoms with Gasteiger partial charge in [0.15, 0.2) is 0 Å². The minimum Gasteiger partial charge on any atom is -0.465 e. The van der Waals surface area contributed by atoms with Crippen LogP contribution in [0.4, 0.5) is 0 Å². The fourth-order valence-electron chi connectivity index (χ4n) is 2.44. The van der Waals surface area contributed by atoms with Crippen LogP contribution >= 0.6 is 11.3 Å². The van der Waals surface area contributed by atoms with E-state index in [9.17, 15) is 18.3 Å². The maximum absolute atomic E-state index is 12.4. The van der Waals surface area contributed by atoms with Gasteiger partial charge in [-0.2, -0.15) is 0 Å². The molecule has 1 fully saturated rings. The van der Waals surface area contributed by atoms with Gasteiger partial charge in [0.2, 0.25) is 10.0 Å². The van der Waals surface area contributed by atoms with Crippen LogP contribution < -0.4 is 4.72 Å². The topological polar surface area (TPSA) is 92.7 Å². The van der Waals surface area contributed by atoms with Crippen molar-refractivity contribution in [2.45, 2.75) is 49.1 Å². The minimum absolute atomic E-state index is 0.0492. The average Bonchev–Trinajstić information content (AvgIpc) is 2.87. The lowest BCUT2D eigenvalue weighted by atomic mass is 10.1. The number of aliphatic hydroxyl groups is 1. The molecule has 1 aliphatic carbocycles. The number of esters is 1. The number of rotatable bonds is 4. The molecule has 0 bridgehead atoms. The summed E-state index contributed by atoms with van der Waals surface area (Å²) in [6.07, 6.45) is 3.24. The fourth-order valence-corrected chi connectivity index (χ4v) is 5.08. The van der Waals surface area contributed by atoms with Gasteiger partial charge >= 0.3 is 5.97 Å². The zero-order valence-corrected chi connectivity index (χ0v) is 13.4. The second-order valence-electron chi connectivity index (χ2n) is 5.04. The summed E-state index contributed by atoms with van der Waals surface area (Å²) >= 11 is 1.02. The lowest BCUT2D eigenvalue weighted by molar-refractivity contribution is 0.0602. The third kappa shape index (κ3) is 3.82. The van der Waals surface area contributed by atoms with Gasteiger partial charge < -0.3 is 9.84 Å². The largest absolute Gasteiger partial charge is 0.465 e. The average molecular weight is 333 g/mol. The number of aliphatic hydroxyl groups excluding tert-OH is 1. The molecule has 1 aromatic heterocycles. The molecule has 1 heterocycles. The van der Waals surface area contributed by atoms with Crippen LogP contribution in [-0.4, -0.2) is 38.7 Å². The molecule has 2 rings (SSSR count). The molecule has 2 unspecified atom stereocenters. The Balaban J connectivity index is 2.22. The number of hydrogen-bond donors (Lipinski definition) is 2. The summed E-state index contributed by atoms with van der Waals surface area (Å²) in [5, 5.41) is 11.6. The molecule has 1 saturated carbocycles. The Hall–Kier alpha value is -0.960. The smallest absolute Gasteiger partial charge is 0.349 e. The van der Waals surface area contributed by atoms with Gasteiger partial charge in [0.25, 0.3) is 0 Å². The molecule has 0 aliphatic heterocycles. The van der Waals surface area contributed by atoms with E-state index in [-0.39, 0.29) is 9.77 Å². The van der Waals surface area contributed by atoms with Gasteiger partial charge in [-0.05, 0) is 24.3 Å². The van der Waals surface area contributed by atoms with Gasteiger partial charge in [-0.25, -0.2) is 17.9 Å². The van der Waals surface area contributed by atoms with Crippen molar-refractivity contribution in [2.24, 2.45) is 0 Å². The lowest BCUT2D eigenvalue weighted by Crippen LogP contribution is -2.42. The van der Waals surface area contributed by atoms with Gasteiger partial charge in [-0.15, -0.1) is 11.3 Å². The fraction of sp³-hybridized carbons (Fsp3) is 0.615. The Labute approximate surface area is 128 Å². The van der Waals surface area contributed by atoms with E-state index < -0.39 is 28.1 Å². The summed E-state index contributed by atoms with van der Waals surface area (Å²) in [4.78, 5) is 11.6. The molecule has 21 heavy (non-hydrogen) atoms. The highest BCUT2D eigenvalue weighted by atomic mass is 32.2. The van der Waals surface area contributed by atoms with Crippen molar-refractivity contribution in [3.05, 3.63) is 16.3 Å². The van der Waals surface area contributed by atoms with Crippen molar-refractivity contribution in [2.75, 3.05) is 7.11 Å². The quantitative estimate of drug-likeness (QED) is 0.643. The summed E-state index contributed by atoms with van der Waals surface area (Å²) in [7, 11) is -2.64. The Morgan fingerprint density at radius 3 is 2.81 bits per heavy atom. The molecule has 0 spiro atoms. The van der Waals surface area contributed by atoms with E-state index in [1.165, 1.54) is 18.6 Å². The Bertz CT molecular complexity index is 595. The number of methoxy groups -OCH3 is 1. The van der Waals surface area contributed by atoms with Gasteiger partial charge in [-0.3, -0.25) is 0 Å². The summed E-state index contributed by atoms with van der Waals surface area (Å²) in [5.74, 6) is -0.674. The van der Waals surface area contributed by atoms with Crippen molar-refractivity contribution in [1.29, 1.82) is 0 Å². The van der Waals surface area contributed by atoms with Crippen LogP contribution in [0.2, 0.25) is 0 Å². The normalized spacial score (nSPS) is 23.5. The van der Waals surface area contributed by atoms with Crippen LogP contribution in [0, 0.1) is 0 Å². The van der Waals surface area contributed by atoms with Crippen LogP contribution in [0.1, 0.15) is 41.8 Å². The molecule has 2 N–H and O–H groups in total. The SMILES string of the molecule is COC(=O)c1sccc1S(=O)(=O)NC1CCCCCC1O. The van der Waals surface area contributed by atoms with Crippen LogP contribution in [0.15, 0.2) is 16.3 Å². The third-order valence-electron chi connectivity index (χ3n) is 3.58. The molecule has 0 saturated heterocycles. The molecule has 118 valence electrons. The van der Waals surface area contributed by atoms with Crippen LogP contribution in [0.5, 0.6) is 0 Å². The van der Waals surface area contributed by atoms with E-state index in [1.807, 2.05) is 0 Å². The zero-order chi connectivity index (χ0) is 15.5. The Morgan fingerprint density at radius 1 is 1.38 bits per heavy atom. The Kier molecular flexibility index (Phi) is 5.37. The van der Waals surface area contributed by atoms with Crippen LogP contribution in [0.25, 0.3) is 0 Å². The first-order valence-corrected chi connectivity index (χ1v) is 9.18. The number of carbonyl (C=O) groups is 1. The van der Waals surface area contributed by atoms with E-state index in [1.54, 1.807) is 0 Å². The van der Waals surface area contributed by atoms with Crippen LogP contribution in [0.3, 0.4) is 0 Å². The molecule has 0 radical (unpaired) electrons. The number of hydrogen-bond acceptors (Lipinski definition) is 6. The molecule has 0 amide bonds. The number of carbonyl (C=O) groups excluding carboxylic acids is 1. The van der Waals surface area contributed by atoms with E-state index in [0.717, 1.165) is 30.6 Å². The van der Waals surface area contributed by atoms with Gasteiger partial charge in [0, 0.05) is 6.04 Å². The van der Waals surface area contributed by atoms with E-state index in [0.29, 0.717) is 12.8 Å². The van der Waals surface area contributed by atoms with Crippen molar-refractivity contribution >= 4 is 27.3 Å². The molecular weight excluding hydrogens is 314 g/mol. The van der Waals surface area contributed by atoms with Gasteiger partial charge in [0.05, 0.1) is 13.2 Å². The molecule has 2 atom stereocenters. The molecule has 8 heteroatoms. The monoisotopic (exact) mass is 333 g/mol. The summed E-state index contributed by atoms with van der Waals surface area (Å²) in [5.41, 5.74) is 0. The van der Waals surface area contributed by atoms with E-state index in [2.05, 4.69) is 9.46 Å². The van der Waals surface area contributed by atoms with E-state index >= 15 is 0 Å². The van der Waals surface area contributed by atoms with Crippen molar-refractivity contribution in [3.8, 4) is 0 Å². The lowest BCUT2D eigenvalue weighted by Gasteiger charge is -2.21. The summed E-state index contributed by atoms with van der Waals surface area (Å²) in [6, 6.07) is 0.866. The van der Waals surface area contributed by atoms with Crippen molar-refractivity contribution < 1.29 is 23.1 Å². The summed E-state index contributed by atoms with van der Waals surface area (Å²) in [6.45, 7) is 0. The predicted octanol–water partition coefficient (Wildman–Crippen LogP) is 1.51. The maximum atomic E-state index is 12.4. The first kappa shape index (κ1) is 16.4. The second kappa shape index (κ2) is 6.87. The highest BCUT2D eigenvalue weighted by Gasteiger charge is 2.30. The van der Waals surface area contributed by atoms with Gasteiger partial charge in [0.1, 0.15) is 9.77 Å². The Morgan fingerprint density at radius 2 is 2.10 bits per heavy atom. The zero-order valence-electron chi connectivity index (χ0n) is 11.7. The highest BCUT2D eigenvalue weighted by molar-refractivity contribution is 7.89. The third-order valence-corrected chi connectivity index (χ3v) is 6.13. The van der Waals surface area contributed by atoms with Crippen molar-refractivity contribution in [1.82, 2.24) is 4.72 Å². The standard InChI is InChI=1S/C13H19NO5S2/c1-19-13(16)12-11(7-8-20-12)21(17,18)14-9-5-3-2-4-6-10(9)15/h7-10,14-15H,2-6H2,1H3. The minimum atomic E-state index is -3.85. The number of sulfonamides is 1. The molecule has 6 nitrogen and oxygen atoms in total. The van der Waals surface area contributed by atoms with Crippen LogP contribution in [-0.2, 0) is 14.8 Å². The molecular formula is C13H19NO5S2. The predicted molar refractivity (Wildman–Crippen MR) is 78.9 cm³/mol. The van der Waals surface area contributed by atoms with E-state index in [4.69, 9.17) is 0 Å². The van der Waals surface area contributed by atoms with Gasteiger partial charge in [-0.1, -0.05) is 19.3 Å². The molecule has 1 aliphatic rings. The second-order valence-corrected chi connectivity index (χ2v) is 7.64. The molecule has 0 aromatic carbocycles. The maximum Gasteiger partial charge on any atom is 0.349 e. The first-order chi connectivity index (χ1) is 9.95. The molecule has 1 aromatic rings. The number of thiophene rings is 1.